The predicted molar refractivity (Wildman–Crippen MR) is 75.3 cm³/mol. The van der Waals surface area contributed by atoms with E-state index in [-0.39, 0.29) is 0 Å². The van der Waals surface area contributed by atoms with E-state index in [2.05, 4.69) is 0 Å². The zero-order valence-corrected chi connectivity index (χ0v) is 12.0. The molecule has 3 nitrogen and oxygen atoms in total. The molecule has 0 radical (unpaired) electrons. The molecule has 19 heavy (non-hydrogen) atoms. The van der Waals surface area contributed by atoms with Crippen molar-refractivity contribution in [3.63, 3.8) is 0 Å². The van der Waals surface area contributed by atoms with Crippen molar-refractivity contribution in [3.8, 4) is 0 Å². The van der Waals surface area contributed by atoms with Gasteiger partial charge in [0.2, 0.25) is 10.0 Å². The zero-order valence-electron chi connectivity index (χ0n) is 11.2. The molecule has 104 valence electrons. The Morgan fingerprint density at radius 3 is 2.05 bits per heavy atom. The van der Waals surface area contributed by atoms with Gasteiger partial charge >= 0.3 is 0 Å². The van der Waals surface area contributed by atoms with Crippen LogP contribution in [0.15, 0.2) is 35.2 Å². The largest absolute Gasteiger partial charge is 0.243 e. The number of nitrogens with zero attached hydrogens (tertiary/aromatic N) is 1. The number of piperidine rings is 1. The molecule has 0 atom stereocenters. The highest BCUT2D eigenvalue weighted by molar-refractivity contribution is 7.89. The molecule has 2 aliphatic rings. The summed E-state index contributed by atoms with van der Waals surface area (Å²) in [6.07, 6.45) is 7.33. The third-order valence-electron chi connectivity index (χ3n) is 4.83. The molecule has 1 saturated heterocycles. The van der Waals surface area contributed by atoms with Gasteiger partial charge in [0, 0.05) is 13.1 Å². The smallest absolute Gasteiger partial charge is 0.207 e. The van der Waals surface area contributed by atoms with Crippen molar-refractivity contribution in [3.05, 3.63) is 30.3 Å². The summed E-state index contributed by atoms with van der Waals surface area (Å²) in [6.45, 7) is 1.38. The van der Waals surface area contributed by atoms with E-state index in [1.165, 1.54) is 25.7 Å². The normalized spacial score (nSPS) is 23.8. The molecule has 1 aromatic rings. The van der Waals surface area contributed by atoms with E-state index in [0.29, 0.717) is 23.4 Å². The number of hydrogen-bond donors (Lipinski definition) is 0. The third-order valence-corrected chi connectivity index (χ3v) is 6.74. The van der Waals surface area contributed by atoms with E-state index in [9.17, 15) is 8.42 Å². The number of sulfonamides is 1. The first-order chi connectivity index (χ1) is 9.12. The van der Waals surface area contributed by atoms with Crippen molar-refractivity contribution in [2.75, 3.05) is 13.1 Å². The topological polar surface area (TPSA) is 37.4 Å². The molecular formula is C15H21NO2S. The number of rotatable bonds is 2. The lowest BCUT2D eigenvalue weighted by Gasteiger charge is -2.38. The minimum absolute atomic E-state index is 0.428. The maximum absolute atomic E-state index is 12.5. The van der Waals surface area contributed by atoms with Gasteiger partial charge in [-0.05, 0) is 43.2 Å². The van der Waals surface area contributed by atoms with Gasteiger partial charge in [-0.15, -0.1) is 0 Å². The Bertz CT molecular complexity index is 523. The average molecular weight is 279 g/mol. The molecule has 1 heterocycles. The van der Waals surface area contributed by atoms with Crippen molar-refractivity contribution in [1.82, 2.24) is 4.31 Å². The molecule has 0 N–H and O–H groups in total. The lowest BCUT2D eigenvalue weighted by Crippen LogP contribution is -2.42. The van der Waals surface area contributed by atoms with Gasteiger partial charge in [-0.3, -0.25) is 0 Å². The fourth-order valence-electron chi connectivity index (χ4n) is 3.57. The van der Waals surface area contributed by atoms with E-state index in [0.717, 1.165) is 12.8 Å². The summed E-state index contributed by atoms with van der Waals surface area (Å²) in [6, 6.07) is 8.80. The fraction of sp³-hybridized carbons (Fsp3) is 0.600. The maximum Gasteiger partial charge on any atom is 0.243 e. The second-order valence-electron chi connectivity index (χ2n) is 5.92. The number of benzene rings is 1. The first kappa shape index (κ1) is 13.1. The fourth-order valence-corrected chi connectivity index (χ4v) is 5.03. The molecule has 1 aliphatic heterocycles. The van der Waals surface area contributed by atoms with Crippen LogP contribution in [0.5, 0.6) is 0 Å². The van der Waals surface area contributed by atoms with Crippen LogP contribution >= 0.6 is 0 Å². The summed E-state index contributed by atoms with van der Waals surface area (Å²) in [4.78, 5) is 0.428. The van der Waals surface area contributed by atoms with Crippen molar-refractivity contribution in [1.29, 1.82) is 0 Å². The van der Waals surface area contributed by atoms with Crippen molar-refractivity contribution in [2.24, 2.45) is 5.41 Å². The molecule has 4 heteroatoms. The maximum atomic E-state index is 12.5. The summed E-state index contributed by atoms with van der Waals surface area (Å²) < 4.78 is 26.7. The highest BCUT2D eigenvalue weighted by Crippen LogP contribution is 2.46. The van der Waals surface area contributed by atoms with Gasteiger partial charge in [-0.2, -0.15) is 4.31 Å². The summed E-state index contributed by atoms with van der Waals surface area (Å²) in [7, 11) is -3.27. The molecule has 1 aliphatic carbocycles. The summed E-state index contributed by atoms with van der Waals surface area (Å²) in [5, 5.41) is 0. The quantitative estimate of drug-likeness (QED) is 0.834. The minimum Gasteiger partial charge on any atom is -0.207 e. The van der Waals surface area contributed by atoms with Crippen molar-refractivity contribution in [2.45, 2.75) is 43.4 Å². The molecule has 0 amide bonds. The predicted octanol–water partition coefficient (Wildman–Crippen LogP) is 3.03. The molecule has 0 bridgehead atoms. The molecule has 1 spiro atoms. The second-order valence-corrected chi connectivity index (χ2v) is 7.86. The van der Waals surface area contributed by atoms with Crippen LogP contribution < -0.4 is 0 Å². The minimum atomic E-state index is -3.27. The molecule has 0 aromatic heterocycles. The van der Waals surface area contributed by atoms with E-state index < -0.39 is 10.0 Å². The van der Waals surface area contributed by atoms with Crippen LogP contribution in [0.25, 0.3) is 0 Å². The summed E-state index contributed by atoms with van der Waals surface area (Å²) in [5.41, 5.74) is 0.461. The molecule has 1 aromatic carbocycles. The van der Waals surface area contributed by atoms with Gasteiger partial charge < -0.3 is 0 Å². The van der Waals surface area contributed by atoms with E-state index in [4.69, 9.17) is 0 Å². The Hall–Kier alpha value is -0.870. The average Bonchev–Trinajstić information content (AvgIpc) is 2.89. The Morgan fingerprint density at radius 1 is 0.895 bits per heavy atom. The van der Waals surface area contributed by atoms with Gasteiger partial charge in [0.1, 0.15) is 0 Å². The van der Waals surface area contributed by atoms with Gasteiger partial charge in [0.15, 0.2) is 0 Å². The van der Waals surface area contributed by atoms with Crippen LogP contribution in [0.2, 0.25) is 0 Å². The summed E-state index contributed by atoms with van der Waals surface area (Å²) in [5.74, 6) is 0. The lowest BCUT2D eigenvalue weighted by atomic mass is 9.78. The monoisotopic (exact) mass is 279 g/mol. The molecule has 2 fully saturated rings. The van der Waals surface area contributed by atoms with Crippen LogP contribution in [0, 0.1) is 5.41 Å². The highest BCUT2D eigenvalue weighted by atomic mass is 32.2. The Labute approximate surface area is 115 Å². The molecule has 3 rings (SSSR count). The van der Waals surface area contributed by atoms with E-state index >= 15 is 0 Å². The van der Waals surface area contributed by atoms with Gasteiger partial charge in [0.05, 0.1) is 4.90 Å². The van der Waals surface area contributed by atoms with Gasteiger partial charge in [0.25, 0.3) is 0 Å². The second kappa shape index (κ2) is 4.91. The SMILES string of the molecule is O=S(=O)(c1ccccc1)N1CCC2(CCCC2)CC1. The van der Waals surface area contributed by atoms with Crippen LogP contribution in [-0.2, 0) is 10.0 Å². The van der Waals surface area contributed by atoms with E-state index in [1.54, 1.807) is 28.6 Å². The first-order valence-corrected chi connectivity index (χ1v) is 8.62. The highest BCUT2D eigenvalue weighted by Gasteiger charge is 2.39. The number of hydrogen-bond acceptors (Lipinski definition) is 2. The van der Waals surface area contributed by atoms with Gasteiger partial charge in [-0.1, -0.05) is 31.0 Å². The Kier molecular flexibility index (Phi) is 3.39. The van der Waals surface area contributed by atoms with Gasteiger partial charge in [-0.25, -0.2) is 8.42 Å². The first-order valence-electron chi connectivity index (χ1n) is 7.18. The van der Waals surface area contributed by atoms with Crippen LogP contribution in [0.4, 0.5) is 0 Å². The van der Waals surface area contributed by atoms with Crippen molar-refractivity contribution >= 4 is 10.0 Å². The van der Waals surface area contributed by atoms with Crippen LogP contribution in [-0.4, -0.2) is 25.8 Å². The molecular weight excluding hydrogens is 258 g/mol. The summed E-state index contributed by atoms with van der Waals surface area (Å²) >= 11 is 0. The Balaban J connectivity index is 1.74. The van der Waals surface area contributed by atoms with Crippen molar-refractivity contribution < 1.29 is 8.42 Å². The molecule has 0 unspecified atom stereocenters. The zero-order chi connectivity index (χ0) is 13.3. The standard InChI is InChI=1S/C15H21NO2S/c17-19(18,14-6-2-1-3-7-14)16-12-10-15(11-13-16)8-4-5-9-15/h1-3,6-7H,4-5,8-13H2. The van der Waals surface area contributed by atoms with Crippen LogP contribution in [0.3, 0.4) is 0 Å². The lowest BCUT2D eigenvalue weighted by molar-refractivity contribution is 0.160. The van der Waals surface area contributed by atoms with Crippen LogP contribution in [0.1, 0.15) is 38.5 Å². The van der Waals surface area contributed by atoms with E-state index in [1.807, 2.05) is 6.07 Å². The third kappa shape index (κ3) is 2.43. The Morgan fingerprint density at radius 2 is 1.47 bits per heavy atom. The molecule has 1 saturated carbocycles.